The molecule has 0 saturated carbocycles. The van der Waals surface area contributed by atoms with E-state index in [0.29, 0.717) is 40.8 Å². The molecule has 0 aliphatic carbocycles. The van der Waals surface area contributed by atoms with Crippen molar-refractivity contribution in [3.63, 3.8) is 0 Å². The molecule has 0 saturated heterocycles. The number of aliphatic hydroxyl groups excluding tert-OH is 1. The van der Waals surface area contributed by atoms with Crippen molar-refractivity contribution in [1.82, 2.24) is 19.5 Å². The van der Waals surface area contributed by atoms with Crippen molar-refractivity contribution in [2.45, 2.75) is 26.3 Å². The SMILES string of the molecule is CCOc1cnc(C)cc1Nc1nccc(-c2ccn([C@H](CCO)c3ccc(Cl)c(F)c3)c(=O)c2)n1. The van der Waals surface area contributed by atoms with Gasteiger partial charge in [0.05, 0.1) is 35.2 Å². The van der Waals surface area contributed by atoms with Crippen LogP contribution in [0.1, 0.15) is 30.6 Å². The molecule has 0 unspecified atom stereocenters. The Hall–Kier alpha value is -3.82. The van der Waals surface area contributed by atoms with Crippen LogP contribution < -0.4 is 15.6 Å². The summed E-state index contributed by atoms with van der Waals surface area (Å²) in [6.07, 6.45) is 5.07. The van der Waals surface area contributed by atoms with Gasteiger partial charge >= 0.3 is 0 Å². The topological polar surface area (TPSA) is 102 Å². The summed E-state index contributed by atoms with van der Waals surface area (Å²) >= 11 is 5.80. The minimum atomic E-state index is -0.584. The van der Waals surface area contributed by atoms with Gasteiger partial charge in [0.2, 0.25) is 5.95 Å². The summed E-state index contributed by atoms with van der Waals surface area (Å²) in [4.78, 5) is 26.2. The van der Waals surface area contributed by atoms with Gasteiger partial charge < -0.3 is 19.7 Å². The van der Waals surface area contributed by atoms with E-state index < -0.39 is 11.9 Å². The van der Waals surface area contributed by atoms with Crippen molar-refractivity contribution in [2.75, 3.05) is 18.5 Å². The fourth-order valence-corrected chi connectivity index (χ4v) is 3.95. The number of aliphatic hydroxyl groups is 1. The lowest BCUT2D eigenvalue weighted by Crippen LogP contribution is -2.25. The van der Waals surface area contributed by atoms with Gasteiger partial charge in [-0.15, -0.1) is 0 Å². The molecule has 10 heteroatoms. The minimum Gasteiger partial charge on any atom is -0.490 e. The van der Waals surface area contributed by atoms with Gasteiger partial charge in [-0.2, -0.15) is 0 Å². The highest BCUT2D eigenvalue weighted by molar-refractivity contribution is 6.30. The average Bonchev–Trinajstić information content (AvgIpc) is 2.86. The lowest BCUT2D eigenvalue weighted by Gasteiger charge is -2.20. The lowest BCUT2D eigenvalue weighted by molar-refractivity contribution is 0.266. The van der Waals surface area contributed by atoms with E-state index in [2.05, 4.69) is 20.3 Å². The van der Waals surface area contributed by atoms with Gasteiger partial charge in [0.25, 0.3) is 5.56 Å². The third-order valence-electron chi connectivity index (χ3n) is 5.52. The van der Waals surface area contributed by atoms with Crippen LogP contribution in [0, 0.1) is 12.7 Å². The molecule has 186 valence electrons. The number of anilines is 2. The van der Waals surface area contributed by atoms with E-state index in [-0.39, 0.29) is 23.6 Å². The predicted octanol–water partition coefficient (Wildman–Crippen LogP) is 4.92. The molecule has 1 aromatic carbocycles. The van der Waals surface area contributed by atoms with Crippen molar-refractivity contribution in [3.05, 3.63) is 93.5 Å². The summed E-state index contributed by atoms with van der Waals surface area (Å²) in [6.45, 7) is 4.06. The van der Waals surface area contributed by atoms with Crippen LogP contribution in [0.5, 0.6) is 5.75 Å². The Morgan fingerprint density at radius 1 is 1.19 bits per heavy atom. The van der Waals surface area contributed by atoms with E-state index in [4.69, 9.17) is 16.3 Å². The maximum absolute atomic E-state index is 14.1. The second kappa shape index (κ2) is 11.3. The van der Waals surface area contributed by atoms with E-state index in [1.807, 2.05) is 19.9 Å². The second-order valence-electron chi connectivity index (χ2n) is 8.01. The number of nitrogens with zero attached hydrogens (tertiary/aromatic N) is 4. The van der Waals surface area contributed by atoms with Crippen LogP contribution >= 0.6 is 11.6 Å². The van der Waals surface area contributed by atoms with Gasteiger partial charge in [-0.05, 0) is 56.2 Å². The molecule has 0 fully saturated rings. The average molecular weight is 510 g/mol. The van der Waals surface area contributed by atoms with Crippen LogP contribution in [0.25, 0.3) is 11.3 Å². The van der Waals surface area contributed by atoms with Crippen molar-refractivity contribution < 1.29 is 14.2 Å². The fourth-order valence-electron chi connectivity index (χ4n) is 3.83. The quantitative estimate of drug-likeness (QED) is 0.330. The van der Waals surface area contributed by atoms with Crippen molar-refractivity contribution in [2.24, 2.45) is 0 Å². The zero-order chi connectivity index (χ0) is 25.7. The fraction of sp³-hybridized carbons (Fsp3) is 0.231. The maximum Gasteiger partial charge on any atom is 0.251 e. The Kier molecular flexibility index (Phi) is 7.92. The van der Waals surface area contributed by atoms with Gasteiger partial charge in [-0.3, -0.25) is 9.78 Å². The standard InChI is InChI=1S/C26H25ClFN5O3/c1-3-36-24-15-30-16(2)12-22(24)32-26-29-9-6-21(31-26)17-7-10-33(25(35)14-17)23(8-11-34)18-4-5-19(27)20(28)13-18/h4-7,9-10,12-15,23,34H,3,8,11H2,1-2H3,(H,29,30,31,32)/t23-/m1/s1. The lowest BCUT2D eigenvalue weighted by atomic mass is 10.0. The zero-order valence-corrected chi connectivity index (χ0v) is 20.5. The monoisotopic (exact) mass is 509 g/mol. The molecule has 0 amide bonds. The highest BCUT2D eigenvalue weighted by atomic mass is 35.5. The molecule has 2 N–H and O–H groups in total. The molecule has 0 spiro atoms. The molecule has 3 aromatic heterocycles. The summed E-state index contributed by atoms with van der Waals surface area (Å²) in [7, 11) is 0. The number of rotatable bonds is 9. The first-order valence-corrected chi connectivity index (χ1v) is 11.7. The van der Waals surface area contributed by atoms with E-state index in [1.54, 1.807) is 36.8 Å². The first kappa shape index (κ1) is 25.3. The third-order valence-corrected chi connectivity index (χ3v) is 5.82. The van der Waals surface area contributed by atoms with Crippen molar-refractivity contribution >= 4 is 23.2 Å². The van der Waals surface area contributed by atoms with Crippen molar-refractivity contribution in [3.8, 4) is 17.0 Å². The van der Waals surface area contributed by atoms with Gasteiger partial charge in [-0.1, -0.05) is 17.7 Å². The van der Waals surface area contributed by atoms with E-state index in [9.17, 15) is 14.3 Å². The highest BCUT2D eigenvalue weighted by Gasteiger charge is 2.17. The number of benzene rings is 1. The molecule has 3 heterocycles. The summed E-state index contributed by atoms with van der Waals surface area (Å²) in [5.41, 5.74) is 2.82. The first-order chi connectivity index (χ1) is 17.4. The number of halogens is 2. The number of pyridine rings is 2. The Bertz CT molecular complexity index is 1430. The smallest absolute Gasteiger partial charge is 0.251 e. The van der Waals surface area contributed by atoms with E-state index in [1.165, 1.54) is 22.8 Å². The Labute approximate surface area is 212 Å². The molecule has 4 rings (SSSR count). The van der Waals surface area contributed by atoms with E-state index >= 15 is 0 Å². The van der Waals surface area contributed by atoms with Gasteiger partial charge in [0, 0.05) is 36.3 Å². The Balaban J connectivity index is 1.64. The number of nitrogens with one attached hydrogen (secondary N) is 1. The molecule has 1 atom stereocenters. The van der Waals surface area contributed by atoms with Crippen LogP contribution in [0.15, 0.2) is 65.8 Å². The zero-order valence-electron chi connectivity index (χ0n) is 19.8. The number of hydrogen-bond acceptors (Lipinski definition) is 7. The number of aromatic nitrogens is 4. The highest BCUT2D eigenvalue weighted by Crippen LogP contribution is 2.28. The summed E-state index contributed by atoms with van der Waals surface area (Å²) in [5, 5.41) is 12.7. The maximum atomic E-state index is 14.1. The predicted molar refractivity (Wildman–Crippen MR) is 136 cm³/mol. The third kappa shape index (κ3) is 5.69. The number of aryl methyl sites for hydroxylation is 1. The normalized spacial score (nSPS) is 11.8. The van der Waals surface area contributed by atoms with Crippen LogP contribution in [0.4, 0.5) is 16.0 Å². The first-order valence-electron chi connectivity index (χ1n) is 11.4. The second-order valence-corrected chi connectivity index (χ2v) is 8.42. The van der Waals surface area contributed by atoms with Gasteiger partial charge in [0.15, 0.2) is 5.75 Å². The summed E-state index contributed by atoms with van der Waals surface area (Å²) < 4.78 is 21.1. The van der Waals surface area contributed by atoms with Crippen LogP contribution in [0.2, 0.25) is 5.02 Å². The van der Waals surface area contributed by atoms with Crippen molar-refractivity contribution in [1.29, 1.82) is 0 Å². The van der Waals surface area contributed by atoms with Gasteiger partial charge in [0.1, 0.15) is 5.82 Å². The molecule has 0 aliphatic heterocycles. The minimum absolute atomic E-state index is 0.00679. The van der Waals surface area contributed by atoms with E-state index in [0.717, 1.165) is 5.69 Å². The Morgan fingerprint density at radius 2 is 2.03 bits per heavy atom. The van der Waals surface area contributed by atoms with Crippen LogP contribution in [-0.2, 0) is 0 Å². The molecular weight excluding hydrogens is 485 g/mol. The Morgan fingerprint density at radius 3 is 2.75 bits per heavy atom. The molecule has 36 heavy (non-hydrogen) atoms. The van der Waals surface area contributed by atoms with Crippen LogP contribution in [-0.4, -0.2) is 37.8 Å². The van der Waals surface area contributed by atoms with Crippen LogP contribution in [0.3, 0.4) is 0 Å². The van der Waals surface area contributed by atoms with Gasteiger partial charge in [-0.25, -0.2) is 14.4 Å². The number of ether oxygens (including phenoxy) is 1. The molecule has 0 radical (unpaired) electrons. The summed E-state index contributed by atoms with van der Waals surface area (Å²) in [6, 6.07) is 10.5. The largest absolute Gasteiger partial charge is 0.490 e. The molecular formula is C26H25ClFN5O3. The molecule has 0 bridgehead atoms. The number of hydrogen-bond donors (Lipinski definition) is 2. The molecule has 0 aliphatic rings. The molecule has 4 aromatic rings. The summed E-state index contributed by atoms with van der Waals surface area (Å²) in [5.74, 6) is 0.325. The molecule has 8 nitrogen and oxygen atoms in total.